The molecule has 0 aliphatic heterocycles. The lowest BCUT2D eigenvalue weighted by molar-refractivity contribution is 0.411. The maximum absolute atomic E-state index is 3.77. The molecular weight excluding hydrogens is 200 g/mol. The van der Waals surface area contributed by atoms with Crippen molar-refractivity contribution in [3.8, 4) is 0 Å². The third-order valence-electron chi connectivity index (χ3n) is 3.19. The number of halogens is 1. The monoisotopic (exact) mass is 216 g/mol. The summed E-state index contributed by atoms with van der Waals surface area (Å²) in [6.07, 6.45) is 10.4. The molecule has 0 radical (unpaired) electrons. The van der Waals surface area contributed by atoms with E-state index in [4.69, 9.17) is 0 Å². The van der Waals surface area contributed by atoms with Crippen molar-refractivity contribution in [1.82, 2.24) is 0 Å². The zero-order valence-corrected chi connectivity index (χ0v) is 8.65. The van der Waals surface area contributed by atoms with Crippen LogP contribution in [0.2, 0.25) is 0 Å². The summed E-state index contributed by atoms with van der Waals surface area (Å²) in [5.74, 6) is 2.22. The van der Waals surface area contributed by atoms with Crippen LogP contribution in [0.15, 0.2) is 0 Å². The van der Waals surface area contributed by atoms with Gasteiger partial charge in [-0.3, -0.25) is 0 Å². The summed E-state index contributed by atoms with van der Waals surface area (Å²) in [6, 6.07) is 0. The molecule has 2 atom stereocenters. The molecule has 0 bridgehead atoms. The Labute approximate surface area is 77.9 Å². The number of alkyl halides is 1. The van der Waals surface area contributed by atoms with Crippen LogP contribution in [0.3, 0.4) is 0 Å². The van der Waals surface area contributed by atoms with Gasteiger partial charge in [0, 0.05) is 4.83 Å². The van der Waals surface area contributed by atoms with E-state index in [1.165, 1.54) is 44.9 Å². The molecule has 0 nitrogen and oxygen atoms in total. The molecule has 0 amide bonds. The molecule has 0 saturated heterocycles. The summed E-state index contributed by atoms with van der Waals surface area (Å²) in [7, 11) is 0. The fourth-order valence-corrected chi connectivity index (χ4v) is 3.14. The predicted molar refractivity (Wildman–Crippen MR) is 52.0 cm³/mol. The van der Waals surface area contributed by atoms with E-state index in [9.17, 15) is 0 Å². The first kappa shape index (κ1) is 8.10. The molecule has 0 spiro atoms. The average molecular weight is 217 g/mol. The van der Waals surface area contributed by atoms with E-state index in [0.29, 0.717) is 0 Å². The highest BCUT2D eigenvalue weighted by atomic mass is 79.9. The van der Waals surface area contributed by atoms with Gasteiger partial charge in [0.1, 0.15) is 0 Å². The average Bonchev–Trinajstić information content (AvgIpc) is 2.71. The molecular formula is C10H17Br. The van der Waals surface area contributed by atoms with E-state index in [0.717, 1.165) is 16.7 Å². The van der Waals surface area contributed by atoms with Crippen LogP contribution in [0.5, 0.6) is 0 Å². The van der Waals surface area contributed by atoms with Gasteiger partial charge in [0.15, 0.2) is 0 Å². The SMILES string of the molecule is BrC1CCCCC(C2CC2)C1. The van der Waals surface area contributed by atoms with Gasteiger partial charge in [-0.1, -0.05) is 35.2 Å². The third-order valence-corrected chi connectivity index (χ3v) is 4.02. The van der Waals surface area contributed by atoms with Crippen molar-refractivity contribution in [2.45, 2.75) is 49.8 Å². The molecule has 2 aliphatic carbocycles. The number of hydrogen-bond acceptors (Lipinski definition) is 0. The fraction of sp³-hybridized carbons (Fsp3) is 1.00. The Balaban J connectivity index is 1.86. The second kappa shape index (κ2) is 3.47. The molecule has 0 N–H and O–H groups in total. The summed E-state index contributed by atoms with van der Waals surface area (Å²) >= 11 is 3.77. The number of rotatable bonds is 1. The lowest BCUT2D eigenvalue weighted by Crippen LogP contribution is -2.06. The van der Waals surface area contributed by atoms with Crippen LogP contribution in [-0.2, 0) is 0 Å². The van der Waals surface area contributed by atoms with Gasteiger partial charge in [-0.25, -0.2) is 0 Å². The summed E-state index contributed by atoms with van der Waals surface area (Å²) in [6.45, 7) is 0. The second-order valence-electron chi connectivity index (χ2n) is 4.21. The molecule has 64 valence electrons. The minimum Gasteiger partial charge on any atom is -0.0891 e. The van der Waals surface area contributed by atoms with E-state index in [1.807, 2.05) is 0 Å². The third kappa shape index (κ3) is 2.21. The maximum Gasteiger partial charge on any atom is 0.0148 e. The van der Waals surface area contributed by atoms with Crippen LogP contribution in [0.4, 0.5) is 0 Å². The van der Waals surface area contributed by atoms with Crippen molar-refractivity contribution >= 4 is 15.9 Å². The molecule has 2 fully saturated rings. The Hall–Kier alpha value is 0.480. The van der Waals surface area contributed by atoms with Crippen molar-refractivity contribution in [2.75, 3.05) is 0 Å². The highest BCUT2D eigenvalue weighted by Crippen LogP contribution is 2.44. The molecule has 0 aromatic carbocycles. The van der Waals surface area contributed by atoms with Gasteiger partial charge in [0.25, 0.3) is 0 Å². The quantitative estimate of drug-likeness (QED) is 0.463. The first-order valence-corrected chi connectivity index (χ1v) is 5.92. The van der Waals surface area contributed by atoms with E-state index in [-0.39, 0.29) is 0 Å². The van der Waals surface area contributed by atoms with Crippen molar-refractivity contribution in [3.63, 3.8) is 0 Å². The Kier molecular flexibility index (Phi) is 2.55. The molecule has 1 heteroatoms. The Morgan fingerprint density at radius 2 is 1.55 bits per heavy atom. The van der Waals surface area contributed by atoms with Gasteiger partial charge >= 0.3 is 0 Å². The van der Waals surface area contributed by atoms with Crippen LogP contribution in [0.1, 0.15) is 44.9 Å². The van der Waals surface area contributed by atoms with Crippen molar-refractivity contribution in [3.05, 3.63) is 0 Å². The molecule has 2 aliphatic rings. The molecule has 0 aromatic rings. The van der Waals surface area contributed by atoms with Gasteiger partial charge < -0.3 is 0 Å². The van der Waals surface area contributed by atoms with E-state index in [1.54, 1.807) is 0 Å². The maximum atomic E-state index is 3.77. The fourth-order valence-electron chi connectivity index (χ4n) is 2.33. The summed E-state index contributed by atoms with van der Waals surface area (Å²) in [5.41, 5.74) is 0. The van der Waals surface area contributed by atoms with E-state index < -0.39 is 0 Å². The highest BCUT2D eigenvalue weighted by Gasteiger charge is 2.32. The first-order valence-electron chi connectivity index (χ1n) is 5.00. The topological polar surface area (TPSA) is 0 Å². The number of hydrogen-bond donors (Lipinski definition) is 0. The molecule has 11 heavy (non-hydrogen) atoms. The van der Waals surface area contributed by atoms with Gasteiger partial charge in [0.05, 0.1) is 0 Å². The minimum atomic E-state index is 0.843. The summed E-state index contributed by atoms with van der Waals surface area (Å²) in [4.78, 5) is 0.843. The Bertz CT molecular complexity index is 129. The van der Waals surface area contributed by atoms with Crippen molar-refractivity contribution < 1.29 is 0 Å². The van der Waals surface area contributed by atoms with Crippen molar-refractivity contribution in [2.24, 2.45) is 11.8 Å². The molecule has 0 aromatic heterocycles. The van der Waals surface area contributed by atoms with Gasteiger partial charge in [0.2, 0.25) is 0 Å². The van der Waals surface area contributed by atoms with Crippen LogP contribution >= 0.6 is 15.9 Å². The lowest BCUT2D eigenvalue weighted by atomic mass is 9.95. The lowest BCUT2D eigenvalue weighted by Gasteiger charge is -2.14. The van der Waals surface area contributed by atoms with Crippen LogP contribution in [0, 0.1) is 11.8 Å². The Morgan fingerprint density at radius 3 is 2.27 bits per heavy atom. The molecule has 2 unspecified atom stereocenters. The van der Waals surface area contributed by atoms with Gasteiger partial charge in [-0.15, -0.1) is 0 Å². The minimum absolute atomic E-state index is 0.843. The second-order valence-corrected chi connectivity index (χ2v) is 5.51. The van der Waals surface area contributed by atoms with Crippen molar-refractivity contribution in [1.29, 1.82) is 0 Å². The highest BCUT2D eigenvalue weighted by molar-refractivity contribution is 9.09. The summed E-state index contributed by atoms with van der Waals surface area (Å²) < 4.78 is 0. The summed E-state index contributed by atoms with van der Waals surface area (Å²) in [5, 5.41) is 0. The standard InChI is InChI=1S/C10H17Br/c11-10-4-2-1-3-9(7-10)8-5-6-8/h8-10H,1-7H2. The van der Waals surface area contributed by atoms with E-state index >= 15 is 0 Å². The molecule has 2 rings (SSSR count). The Morgan fingerprint density at radius 1 is 0.818 bits per heavy atom. The molecule has 2 saturated carbocycles. The first-order chi connectivity index (χ1) is 5.36. The van der Waals surface area contributed by atoms with Crippen LogP contribution in [-0.4, -0.2) is 4.83 Å². The predicted octanol–water partition coefficient (Wildman–Crippen LogP) is 3.74. The van der Waals surface area contributed by atoms with Gasteiger partial charge in [-0.05, 0) is 37.5 Å². The molecule has 0 heterocycles. The van der Waals surface area contributed by atoms with E-state index in [2.05, 4.69) is 15.9 Å². The zero-order chi connectivity index (χ0) is 7.68. The van der Waals surface area contributed by atoms with Crippen LogP contribution in [0.25, 0.3) is 0 Å². The van der Waals surface area contributed by atoms with Crippen LogP contribution < -0.4 is 0 Å². The smallest absolute Gasteiger partial charge is 0.0148 e. The zero-order valence-electron chi connectivity index (χ0n) is 7.06. The largest absolute Gasteiger partial charge is 0.0891 e. The normalized spacial score (nSPS) is 40.1. The van der Waals surface area contributed by atoms with Gasteiger partial charge in [-0.2, -0.15) is 0 Å².